The van der Waals surface area contributed by atoms with Crippen LogP contribution in [0, 0.1) is 5.82 Å². The summed E-state index contributed by atoms with van der Waals surface area (Å²) >= 11 is 0. The van der Waals surface area contributed by atoms with E-state index < -0.39 is 5.82 Å². The van der Waals surface area contributed by atoms with Crippen LogP contribution in [0.3, 0.4) is 0 Å². The Hall–Kier alpha value is -1.95. The van der Waals surface area contributed by atoms with E-state index in [0.29, 0.717) is 34.7 Å². The molecule has 2 aromatic rings. The Morgan fingerprint density at radius 3 is 2.88 bits per heavy atom. The van der Waals surface area contributed by atoms with Crippen LogP contribution < -0.4 is 0 Å². The minimum Gasteiger partial charge on any atom is -0.344 e. The summed E-state index contributed by atoms with van der Waals surface area (Å²) in [6.45, 7) is 5.90. The zero-order valence-electron chi connectivity index (χ0n) is 14.1. The summed E-state index contributed by atoms with van der Waals surface area (Å²) in [6.07, 6.45) is 4.84. The van der Waals surface area contributed by atoms with Gasteiger partial charge in [0.15, 0.2) is 0 Å². The number of carbonyl (C=O) groups excluding carboxylic acids is 1. The number of halogens is 1. The Bertz CT molecular complexity index is 771. The number of rotatable bonds is 2. The maximum Gasteiger partial charge on any atom is 0.256 e. The lowest BCUT2D eigenvalue weighted by atomic mass is 10.1. The van der Waals surface area contributed by atoms with Crippen molar-refractivity contribution in [1.82, 2.24) is 19.8 Å². The Morgan fingerprint density at radius 1 is 1.29 bits per heavy atom. The van der Waals surface area contributed by atoms with Gasteiger partial charge in [0.05, 0.1) is 17.4 Å². The van der Waals surface area contributed by atoms with Gasteiger partial charge in [-0.15, -0.1) is 0 Å². The standard InChI is InChI=1S/C18H23FN4O/c1-11(2)23-13-3-4-14(23)9-22(6-5-13)18(24)15-7-12(19)8-16-17(15)21-10-20-16/h7-8,10-11,13-14H,3-6,9H2,1-2H3,(H,20,21)/t13-,14-/m0/s1. The first-order valence-corrected chi connectivity index (χ1v) is 8.74. The van der Waals surface area contributed by atoms with Gasteiger partial charge in [-0.25, -0.2) is 9.37 Å². The first-order valence-electron chi connectivity index (χ1n) is 8.74. The molecule has 1 aromatic carbocycles. The van der Waals surface area contributed by atoms with Crippen LogP contribution in [-0.4, -0.2) is 56.9 Å². The molecule has 0 saturated carbocycles. The Balaban J connectivity index is 1.64. The van der Waals surface area contributed by atoms with Crippen LogP contribution in [0.5, 0.6) is 0 Å². The van der Waals surface area contributed by atoms with E-state index >= 15 is 0 Å². The van der Waals surface area contributed by atoms with E-state index in [-0.39, 0.29) is 5.91 Å². The maximum absolute atomic E-state index is 13.9. The van der Waals surface area contributed by atoms with Crippen molar-refractivity contribution in [3.05, 3.63) is 29.8 Å². The summed E-state index contributed by atoms with van der Waals surface area (Å²) < 4.78 is 13.9. The fraction of sp³-hybridized carbons (Fsp3) is 0.556. The van der Waals surface area contributed by atoms with Gasteiger partial charge in [0.1, 0.15) is 11.3 Å². The van der Waals surface area contributed by atoms with Gasteiger partial charge in [0, 0.05) is 31.2 Å². The molecule has 0 aliphatic carbocycles. The largest absolute Gasteiger partial charge is 0.344 e. The molecule has 0 unspecified atom stereocenters. The summed E-state index contributed by atoms with van der Waals surface area (Å²) in [5, 5.41) is 0. The van der Waals surface area contributed by atoms with E-state index in [1.807, 2.05) is 4.90 Å². The smallest absolute Gasteiger partial charge is 0.256 e. The first-order chi connectivity index (χ1) is 11.5. The number of likely N-dealkylation sites (tertiary alicyclic amines) is 1. The molecule has 1 aromatic heterocycles. The lowest BCUT2D eigenvalue weighted by Crippen LogP contribution is -2.44. The molecular formula is C18H23FN4O. The molecule has 2 bridgehead atoms. The van der Waals surface area contributed by atoms with Crippen molar-refractivity contribution >= 4 is 16.9 Å². The van der Waals surface area contributed by atoms with Gasteiger partial charge in [-0.1, -0.05) is 0 Å². The molecule has 2 aliphatic heterocycles. The highest BCUT2D eigenvalue weighted by atomic mass is 19.1. The molecule has 5 nitrogen and oxygen atoms in total. The van der Waals surface area contributed by atoms with Crippen molar-refractivity contribution in [2.45, 2.75) is 51.2 Å². The average molecular weight is 330 g/mol. The summed E-state index contributed by atoms with van der Waals surface area (Å²) in [5.74, 6) is -0.516. The molecular weight excluding hydrogens is 307 g/mol. The van der Waals surface area contributed by atoms with Crippen LogP contribution in [-0.2, 0) is 0 Å². The average Bonchev–Trinajstić information content (AvgIpc) is 3.09. The van der Waals surface area contributed by atoms with Crippen molar-refractivity contribution in [2.24, 2.45) is 0 Å². The van der Waals surface area contributed by atoms with Gasteiger partial charge in [-0.05, 0) is 45.2 Å². The van der Waals surface area contributed by atoms with Crippen molar-refractivity contribution < 1.29 is 9.18 Å². The first kappa shape index (κ1) is 15.6. The fourth-order valence-electron chi connectivity index (χ4n) is 4.49. The fourth-order valence-corrected chi connectivity index (χ4v) is 4.49. The van der Waals surface area contributed by atoms with Crippen molar-refractivity contribution in [3.8, 4) is 0 Å². The van der Waals surface area contributed by atoms with Crippen LogP contribution in [0.25, 0.3) is 11.0 Å². The third-order valence-electron chi connectivity index (χ3n) is 5.44. The van der Waals surface area contributed by atoms with E-state index in [1.54, 1.807) is 0 Å². The second-order valence-corrected chi connectivity index (χ2v) is 7.22. The molecule has 6 heteroatoms. The van der Waals surface area contributed by atoms with E-state index in [4.69, 9.17) is 0 Å². The lowest BCUT2D eigenvalue weighted by molar-refractivity contribution is 0.0729. The van der Waals surface area contributed by atoms with Gasteiger partial charge in [-0.3, -0.25) is 9.69 Å². The third kappa shape index (κ3) is 2.49. The minimum atomic E-state index is -0.407. The highest BCUT2D eigenvalue weighted by molar-refractivity contribution is 6.04. The molecule has 0 spiro atoms. The van der Waals surface area contributed by atoms with Crippen LogP contribution in [0.2, 0.25) is 0 Å². The molecule has 2 atom stereocenters. The number of nitrogens with one attached hydrogen (secondary N) is 1. The number of amides is 1. The number of hydrogen-bond donors (Lipinski definition) is 1. The Morgan fingerprint density at radius 2 is 2.08 bits per heavy atom. The van der Waals surface area contributed by atoms with E-state index in [2.05, 4.69) is 28.7 Å². The summed E-state index contributed by atoms with van der Waals surface area (Å²) in [5.41, 5.74) is 1.48. The molecule has 1 N–H and O–H groups in total. The van der Waals surface area contributed by atoms with Crippen LogP contribution in [0.1, 0.15) is 43.5 Å². The summed E-state index contributed by atoms with van der Waals surface area (Å²) in [4.78, 5) is 24.6. The zero-order chi connectivity index (χ0) is 16.8. The number of fused-ring (bicyclic) bond motifs is 3. The number of nitrogens with zero attached hydrogens (tertiary/aromatic N) is 3. The Kier molecular flexibility index (Phi) is 3.79. The van der Waals surface area contributed by atoms with Gasteiger partial charge >= 0.3 is 0 Å². The second kappa shape index (κ2) is 5.84. The maximum atomic E-state index is 13.9. The molecule has 4 rings (SSSR count). The molecule has 0 radical (unpaired) electrons. The van der Waals surface area contributed by atoms with E-state index in [0.717, 1.165) is 25.9 Å². The highest BCUT2D eigenvalue weighted by Crippen LogP contribution is 2.32. The van der Waals surface area contributed by atoms with Crippen molar-refractivity contribution in [1.29, 1.82) is 0 Å². The van der Waals surface area contributed by atoms with Gasteiger partial charge in [-0.2, -0.15) is 0 Å². The third-order valence-corrected chi connectivity index (χ3v) is 5.44. The predicted molar refractivity (Wildman–Crippen MR) is 90.4 cm³/mol. The monoisotopic (exact) mass is 330 g/mol. The van der Waals surface area contributed by atoms with Crippen LogP contribution in [0.4, 0.5) is 4.39 Å². The topological polar surface area (TPSA) is 52.2 Å². The van der Waals surface area contributed by atoms with Crippen LogP contribution >= 0.6 is 0 Å². The summed E-state index contributed by atoms with van der Waals surface area (Å²) in [6, 6.07) is 4.15. The van der Waals surface area contributed by atoms with E-state index in [9.17, 15) is 9.18 Å². The molecule has 3 heterocycles. The Labute approximate surface area is 140 Å². The number of aromatic amines is 1. The number of aromatic nitrogens is 2. The highest BCUT2D eigenvalue weighted by Gasteiger charge is 2.39. The number of carbonyl (C=O) groups is 1. The molecule has 2 fully saturated rings. The number of imidazole rings is 1. The van der Waals surface area contributed by atoms with Gasteiger partial charge in [0.2, 0.25) is 0 Å². The SMILES string of the molecule is CC(C)N1[C@H]2CC[C@H]1CN(C(=O)c1cc(F)cc3[nH]cnc13)CC2. The lowest BCUT2D eigenvalue weighted by Gasteiger charge is -2.32. The predicted octanol–water partition coefficient (Wildman–Crippen LogP) is 2.79. The quantitative estimate of drug-likeness (QED) is 0.921. The molecule has 2 saturated heterocycles. The number of benzene rings is 1. The molecule has 128 valence electrons. The van der Waals surface area contributed by atoms with Crippen molar-refractivity contribution in [2.75, 3.05) is 13.1 Å². The zero-order valence-corrected chi connectivity index (χ0v) is 14.1. The second-order valence-electron chi connectivity index (χ2n) is 7.22. The minimum absolute atomic E-state index is 0.108. The normalized spacial score (nSPS) is 24.8. The molecule has 24 heavy (non-hydrogen) atoms. The van der Waals surface area contributed by atoms with Crippen molar-refractivity contribution in [3.63, 3.8) is 0 Å². The number of hydrogen-bond acceptors (Lipinski definition) is 3. The molecule has 1 amide bonds. The number of H-pyrrole nitrogens is 1. The van der Waals surface area contributed by atoms with Gasteiger partial charge in [0.25, 0.3) is 5.91 Å². The molecule has 2 aliphatic rings. The van der Waals surface area contributed by atoms with E-state index in [1.165, 1.54) is 24.9 Å². The van der Waals surface area contributed by atoms with Gasteiger partial charge < -0.3 is 9.88 Å². The summed E-state index contributed by atoms with van der Waals surface area (Å²) in [7, 11) is 0. The van der Waals surface area contributed by atoms with Crippen LogP contribution in [0.15, 0.2) is 18.5 Å².